The molecule has 0 aliphatic carbocycles. The Morgan fingerprint density at radius 3 is 2.39 bits per heavy atom. The first kappa shape index (κ1) is 27.3. The molecule has 7 nitrogen and oxygen atoms in total. The van der Waals surface area contributed by atoms with Gasteiger partial charge in [0.1, 0.15) is 6.61 Å². The zero-order valence-electron chi connectivity index (χ0n) is 21.3. The van der Waals surface area contributed by atoms with E-state index in [1.165, 1.54) is 18.9 Å². The molecule has 1 aliphatic rings. The molecule has 38 heavy (non-hydrogen) atoms. The van der Waals surface area contributed by atoms with Crippen LogP contribution in [0, 0.1) is 0 Å². The molecule has 1 amide bonds. The Bertz CT molecular complexity index is 1370. The summed E-state index contributed by atoms with van der Waals surface area (Å²) in [6, 6.07) is 19.8. The van der Waals surface area contributed by atoms with Crippen LogP contribution in [-0.2, 0) is 16.1 Å². The Balaban J connectivity index is 1.54. The van der Waals surface area contributed by atoms with Crippen molar-refractivity contribution in [3.05, 3.63) is 93.3 Å². The van der Waals surface area contributed by atoms with Gasteiger partial charge in [-0.25, -0.2) is 9.79 Å². The second kappa shape index (κ2) is 12.7. The Morgan fingerprint density at radius 1 is 1.00 bits per heavy atom. The Hall–Kier alpha value is -3.75. The van der Waals surface area contributed by atoms with Crippen molar-refractivity contribution in [1.82, 2.24) is 4.90 Å². The number of ether oxygens (including phenoxy) is 3. The van der Waals surface area contributed by atoms with Gasteiger partial charge in [0.25, 0.3) is 5.91 Å². The number of aliphatic imine (C=N–C) groups is 1. The number of carbonyl (C=O) groups excluding carboxylic acids is 2. The molecule has 0 saturated carbocycles. The van der Waals surface area contributed by atoms with Gasteiger partial charge in [-0.15, -0.1) is 0 Å². The van der Waals surface area contributed by atoms with Crippen molar-refractivity contribution in [2.75, 3.05) is 20.3 Å². The minimum Gasteiger partial charge on any atom is -0.490 e. The zero-order chi connectivity index (χ0) is 27.1. The summed E-state index contributed by atoms with van der Waals surface area (Å²) < 4.78 is 16.5. The van der Waals surface area contributed by atoms with E-state index >= 15 is 0 Å². The minimum absolute atomic E-state index is 0.122. The van der Waals surface area contributed by atoms with Gasteiger partial charge in [-0.2, -0.15) is 0 Å². The number of likely N-dealkylation sites (N-methyl/N-ethyl adjacent to an activating group) is 1. The van der Waals surface area contributed by atoms with Crippen LogP contribution in [0.3, 0.4) is 0 Å². The van der Waals surface area contributed by atoms with E-state index in [1.807, 2.05) is 62.4 Å². The van der Waals surface area contributed by atoms with Gasteiger partial charge in [-0.1, -0.05) is 29.8 Å². The SMILES string of the molecule is CCOc1cc(/C=C2/SC(=Nc3ccc(C(=O)OC)cc3)N(CC)C2=O)ccc1OCc1ccc(Cl)cc1. The van der Waals surface area contributed by atoms with Gasteiger partial charge in [0, 0.05) is 11.6 Å². The lowest BCUT2D eigenvalue weighted by Gasteiger charge is -2.13. The molecule has 9 heteroatoms. The van der Waals surface area contributed by atoms with E-state index in [9.17, 15) is 9.59 Å². The maximum absolute atomic E-state index is 13.1. The number of benzene rings is 3. The van der Waals surface area contributed by atoms with Gasteiger partial charge in [0.15, 0.2) is 16.7 Å². The molecule has 3 aromatic carbocycles. The number of methoxy groups -OCH3 is 1. The molecule has 0 atom stereocenters. The summed E-state index contributed by atoms with van der Waals surface area (Å²) in [5.74, 6) is 0.673. The number of hydrogen-bond donors (Lipinski definition) is 0. The molecule has 0 N–H and O–H groups in total. The summed E-state index contributed by atoms with van der Waals surface area (Å²) in [6.45, 7) is 5.13. The van der Waals surface area contributed by atoms with Crippen LogP contribution in [-0.4, -0.2) is 42.2 Å². The highest BCUT2D eigenvalue weighted by molar-refractivity contribution is 8.18. The van der Waals surface area contributed by atoms with Crippen LogP contribution in [0.2, 0.25) is 5.02 Å². The summed E-state index contributed by atoms with van der Waals surface area (Å²) in [5, 5.41) is 1.24. The number of amidine groups is 1. The van der Waals surface area contributed by atoms with E-state index in [0.29, 0.717) is 57.6 Å². The highest BCUT2D eigenvalue weighted by Gasteiger charge is 2.32. The Labute approximate surface area is 231 Å². The highest BCUT2D eigenvalue weighted by atomic mass is 35.5. The third-order valence-electron chi connectivity index (χ3n) is 5.59. The fourth-order valence-corrected chi connectivity index (χ4v) is 4.85. The number of hydrogen-bond acceptors (Lipinski definition) is 7. The van der Waals surface area contributed by atoms with E-state index in [2.05, 4.69) is 4.99 Å². The minimum atomic E-state index is -0.414. The highest BCUT2D eigenvalue weighted by Crippen LogP contribution is 2.36. The number of rotatable bonds is 9. The van der Waals surface area contributed by atoms with Gasteiger partial charge in [0.2, 0.25) is 0 Å². The van der Waals surface area contributed by atoms with Crippen molar-refractivity contribution in [2.24, 2.45) is 4.99 Å². The average molecular weight is 551 g/mol. The molecule has 3 aromatic rings. The lowest BCUT2D eigenvalue weighted by atomic mass is 10.1. The molecule has 196 valence electrons. The van der Waals surface area contributed by atoms with Gasteiger partial charge in [0.05, 0.1) is 29.9 Å². The lowest BCUT2D eigenvalue weighted by Crippen LogP contribution is -2.28. The number of halogens is 1. The van der Waals surface area contributed by atoms with Crippen molar-refractivity contribution < 1.29 is 23.8 Å². The smallest absolute Gasteiger partial charge is 0.337 e. The predicted molar refractivity (Wildman–Crippen MR) is 151 cm³/mol. The number of nitrogens with zero attached hydrogens (tertiary/aromatic N) is 2. The number of thioether (sulfide) groups is 1. The molecule has 1 aliphatic heterocycles. The summed E-state index contributed by atoms with van der Waals surface area (Å²) in [7, 11) is 1.34. The van der Waals surface area contributed by atoms with Gasteiger partial charge >= 0.3 is 5.97 Å². The quantitative estimate of drug-likeness (QED) is 0.217. The first-order valence-electron chi connectivity index (χ1n) is 12.0. The van der Waals surface area contributed by atoms with Crippen LogP contribution >= 0.6 is 23.4 Å². The van der Waals surface area contributed by atoms with Crippen molar-refractivity contribution in [2.45, 2.75) is 20.5 Å². The van der Waals surface area contributed by atoms with Crippen LogP contribution in [0.15, 0.2) is 76.6 Å². The lowest BCUT2D eigenvalue weighted by molar-refractivity contribution is -0.122. The molecule has 4 rings (SSSR count). The molecular formula is C29H27ClN2O5S. The fourth-order valence-electron chi connectivity index (χ4n) is 3.67. The molecule has 0 bridgehead atoms. The first-order valence-corrected chi connectivity index (χ1v) is 13.2. The Kier molecular flexibility index (Phi) is 9.10. The average Bonchev–Trinajstić information content (AvgIpc) is 3.22. The Morgan fingerprint density at radius 2 is 1.74 bits per heavy atom. The van der Waals surface area contributed by atoms with E-state index < -0.39 is 5.97 Å². The molecular weight excluding hydrogens is 524 g/mol. The van der Waals surface area contributed by atoms with Crippen LogP contribution in [0.4, 0.5) is 5.69 Å². The summed E-state index contributed by atoms with van der Waals surface area (Å²) in [5.41, 5.74) is 2.86. The molecule has 0 unspecified atom stereocenters. The van der Waals surface area contributed by atoms with Crippen LogP contribution in [0.5, 0.6) is 11.5 Å². The van der Waals surface area contributed by atoms with Crippen LogP contribution < -0.4 is 9.47 Å². The van der Waals surface area contributed by atoms with E-state index in [1.54, 1.807) is 29.2 Å². The fraction of sp³-hybridized carbons (Fsp3) is 0.207. The van der Waals surface area contributed by atoms with Crippen molar-refractivity contribution in [1.29, 1.82) is 0 Å². The monoisotopic (exact) mass is 550 g/mol. The normalized spacial score (nSPS) is 15.3. The third kappa shape index (κ3) is 6.57. The van der Waals surface area contributed by atoms with Crippen LogP contribution in [0.25, 0.3) is 6.08 Å². The molecule has 1 heterocycles. The zero-order valence-corrected chi connectivity index (χ0v) is 22.8. The van der Waals surface area contributed by atoms with E-state index in [4.69, 9.17) is 25.8 Å². The van der Waals surface area contributed by atoms with Gasteiger partial charge in [-0.05, 0) is 91.3 Å². The standard InChI is InChI=1S/C29H27ClN2O5S/c1-4-32-27(33)26(38-29(32)31-23-13-9-21(10-14-23)28(34)35-3)17-20-8-15-24(25(16-20)36-5-2)37-18-19-6-11-22(30)12-7-19/h6-17H,4-5,18H2,1-3H3/b26-17+,31-29?. The number of carbonyl (C=O) groups is 2. The van der Waals surface area contributed by atoms with Gasteiger partial charge < -0.3 is 14.2 Å². The first-order chi connectivity index (χ1) is 18.4. The molecule has 0 aromatic heterocycles. The molecule has 1 saturated heterocycles. The second-order valence-corrected chi connectivity index (χ2v) is 9.59. The summed E-state index contributed by atoms with van der Waals surface area (Å²) >= 11 is 7.27. The summed E-state index contributed by atoms with van der Waals surface area (Å²) in [6.07, 6.45) is 1.82. The van der Waals surface area contributed by atoms with Crippen molar-refractivity contribution >= 4 is 52.2 Å². The van der Waals surface area contributed by atoms with E-state index in [0.717, 1.165) is 11.1 Å². The van der Waals surface area contributed by atoms with E-state index in [-0.39, 0.29) is 5.91 Å². The second-order valence-electron chi connectivity index (χ2n) is 8.15. The predicted octanol–water partition coefficient (Wildman–Crippen LogP) is 6.73. The summed E-state index contributed by atoms with van der Waals surface area (Å²) in [4.78, 5) is 31.6. The maximum atomic E-state index is 13.1. The number of amides is 1. The topological polar surface area (TPSA) is 77.4 Å². The molecule has 1 fully saturated rings. The maximum Gasteiger partial charge on any atom is 0.337 e. The van der Waals surface area contributed by atoms with Gasteiger partial charge in [-0.3, -0.25) is 9.69 Å². The molecule has 0 radical (unpaired) electrons. The van der Waals surface area contributed by atoms with Crippen molar-refractivity contribution in [3.63, 3.8) is 0 Å². The van der Waals surface area contributed by atoms with Crippen molar-refractivity contribution in [3.8, 4) is 11.5 Å². The largest absolute Gasteiger partial charge is 0.490 e. The third-order valence-corrected chi connectivity index (χ3v) is 6.85. The molecule has 0 spiro atoms. The number of esters is 1. The van der Waals surface area contributed by atoms with Crippen LogP contribution in [0.1, 0.15) is 35.3 Å².